The summed E-state index contributed by atoms with van der Waals surface area (Å²) in [5.41, 5.74) is 13.1. The highest BCUT2D eigenvalue weighted by atomic mass is 14.8. The van der Waals surface area contributed by atoms with Crippen molar-refractivity contribution in [3.63, 3.8) is 0 Å². The molecule has 5 aromatic heterocycles. The number of aryl methyl sites for hydroxylation is 6. The SMILES string of the molecule is Cc1ccc2ccc3ccc(C)nc3c2n1.Cc1ccc2nc3cc(C)ccc3cc2c1.Cc1cnc2c(ccc3cc(C)cnc32)c1. The molecule has 0 spiro atoms. The second-order valence-corrected chi connectivity index (χ2v) is 12.7. The summed E-state index contributed by atoms with van der Waals surface area (Å²) in [6.07, 6.45) is 3.78. The molecular formula is C43H37N5. The van der Waals surface area contributed by atoms with Gasteiger partial charge in [0.25, 0.3) is 0 Å². The number of pyridine rings is 5. The zero-order valence-corrected chi connectivity index (χ0v) is 28.2. The van der Waals surface area contributed by atoms with Crippen molar-refractivity contribution < 1.29 is 0 Å². The van der Waals surface area contributed by atoms with Crippen LogP contribution in [0.4, 0.5) is 0 Å². The molecule has 48 heavy (non-hydrogen) atoms. The second-order valence-electron chi connectivity index (χ2n) is 12.7. The zero-order chi connectivity index (χ0) is 33.4. The van der Waals surface area contributed by atoms with E-state index in [4.69, 9.17) is 0 Å². The minimum absolute atomic E-state index is 0.989. The quantitative estimate of drug-likeness (QED) is 0.124. The van der Waals surface area contributed by atoms with Crippen LogP contribution in [0, 0.1) is 41.5 Å². The third kappa shape index (κ3) is 6.40. The number of hydrogen-bond acceptors (Lipinski definition) is 5. The summed E-state index contributed by atoms with van der Waals surface area (Å²) in [6.45, 7) is 12.3. The van der Waals surface area contributed by atoms with Gasteiger partial charge < -0.3 is 0 Å². The lowest BCUT2D eigenvalue weighted by atomic mass is 10.1. The van der Waals surface area contributed by atoms with Crippen LogP contribution >= 0.6 is 0 Å². The van der Waals surface area contributed by atoms with E-state index < -0.39 is 0 Å². The first kappa shape index (κ1) is 30.8. The van der Waals surface area contributed by atoms with Gasteiger partial charge in [-0.05, 0) is 107 Å². The molecule has 0 bridgehead atoms. The van der Waals surface area contributed by atoms with Crippen molar-refractivity contribution in [2.24, 2.45) is 0 Å². The van der Waals surface area contributed by atoms with Crippen LogP contribution in [-0.2, 0) is 0 Å². The Morgan fingerprint density at radius 1 is 0.312 bits per heavy atom. The average Bonchev–Trinajstić information content (AvgIpc) is 3.07. The standard InChI is InChI=1S/C15H13N.2C14H12N2/c1-10-4-6-14-13(7-10)9-12-5-3-11(2)8-15(12)16-14;1-9-3-5-11-7-8-12-6-4-10(2)16-14(12)13(11)15-9;1-9-5-11-3-4-12-6-10(2)8-16-14(12)13(11)15-7-9/h3-9H,1-2H3;2*3-8H,1-2H3. The van der Waals surface area contributed by atoms with Gasteiger partial charge in [-0.25, -0.2) is 4.98 Å². The third-order valence-electron chi connectivity index (χ3n) is 8.49. The number of rotatable bonds is 0. The highest BCUT2D eigenvalue weighted by molar-refractivity contribution is 6.03. The van der Waals surface area contributed by atoms with Crippen LogP contribution in [0.3, 0.4) is 0 Å². The number of fused-ring (bicyclic) bond motifs is 8. The van der Waals surface area contributed by atoms with E-state index in [1.807, 2.05) is 38.4 Å². The number of hydrogen-bond donors (Lipinski definition) is 0. The van der Waals surface area contributed by atoms with Crippen molar-refractivity contribution in [2.75, 3.05) is 0 Å². The van der Waals surface area contributed by atoms with Crippen LogP contribution in [0.1, 0.15) is 33.6 Å². The summed E-state index contributed by atoms with van der Waals surface area (Å²) in [5, 5.41) is 7.04. The van der Waals surface area contributed by atoms with Crippen LogP contribution in [0.5, 0.6) is 0 Å². The van der Waals surface area contributed by atoms with E-state index in [-0.39, 0.29) is 0 Å². The Balaban J connectivity index is 0.000000114. The molecule has 9 aromatic rings. The Bertz CT molecular complexity index is 2430. The molecule has 0 saturated heterocycles. The summed E-state index contributed by atoms with van der Waals surface area (Å²) >= 11 is 0. The molecule has 0 fully saturated rings. The molecule has 0 atom stereocenters. The maximum absolute atomic E-state index is 4.68. The fourth-order valence-electron chi connectivity index (χ4n) is 6.04. The minimum atomic E-state index is 0.989. The fraction of sp³-hybridized carbons (Fsp3) is 0.140. The lowest BCUT2D eigenvalue weighted by Gasteiger charge is -2.04. The van der Waals surface area contributed by atoms with Gasteiger partial charge >= 0.3 is 0 Å². The molecule has 5 heteroatoms. The van der Waals surface area contributed by atoms with Crippen molar-refractivity contribution in [2.45, 2.75) is 41.5 Å². The van der Waals surface area contributed by atoms with E-state index in [1.54, 1.807) is 0 Å². The van der Waals surface area contributed by atoms with Gasteiger partial charge in [-0.3, -0.25) is 19.9 Å². The number of benzene rings is 4. The van der Waals surface area contributed by atoms with Crippen molar-refractivity contribution in [3.8, 4) is 0 Å². The van der Waals surface area contributed by atoms with Crippen LogP contribution < -0.4 is 0 Å². The van der Waals surface area contributed by atoms with Gasteiger partial charge in [-0.2, -0.15) is 0 Å². The third-order valence-corrected chi connectivity index (χ3v) is 8.49. The number of nitrogens with zero attached hydrogens (tertiary/aromatic N) is 5. The molecule has 0 unspecified atom stereocenters. The van der Waals surface area contributed by atoms with E-state index in [1.165, 1.54) is 33.0 Å². The van der Waals surface area contributed by atoms with E-state index in [9.17, 15) is 0 Å². The predicted octanol–water partition coefficient (Wildman–Crippen LogP) is 10.8. The van der Waals surface area contributed by atoms with Crippen LogP contribution in [0.25, 0.3) is 65.4 Å². The van der Waals surface area contributed by atoms with E-state index >= 15 is 0 Å². The Labute approximate surface area is 280 Å². The monoisotopic (exact) mass is 623 g/mol. The van der Waals surface area contributed by atoms with Crippen molar-refractivity contribution in [1.82, 2.24) is 24.9 Å². The van der Waals surface area contributed by atoms with Gasteiger partial charge in [0, 0.05) is 56.1 Å². The number of aromatic nitrogens is 5. The van der Waals surface area contributed by atoms with Crippen LogP contribution in [0.15, 0.2) is 116 Å². The molecule has 0 radical (unpaired) electrons. The van der Waals surface area contributed by atoms with Crippen LogP contribution in [-0.4, -0.2) is 24.9 Å². The first-order chi connectivity index (χ1) is 23.2. The van der Waals surface area contributed by atoms with Crippen LogP contribution in [0.2, 0.25) is 0 Å². The molecule has 0 N–H and O–H groups in total. The molecule has 0 aliphatic heterocycles. The van der Waals surface area contributed by atoms with E-state index in [2.05, 4.69) is 144 Å². The summed E-state index contributed by atoms with van der Waals surface area (Å²) in [5.74, 6) is 0. The van der Waals surface area contributed by atoms with Crippen molar-refractivity contribution >= 4 is 65.4 Å². The van der Waals surface area contributed by atoms with Gasteiger partial charge in [0.1, 0.15) is 0 Å². The summed E-state index contributed by atoms with van der Waals surface area (Å²) in [7, 11) is 0. The van der Waals surface area contributed by atoms with Gasteiger partial charge in [-0.15, -0.1) is 0 Å². The van der Waals surface area contributed by atoms with E-state index in [0.717, 1.165) is 66.0 Å². The molecule has 0 aliphatic carbocycles. The van der Waals surface area contributed by atoms with Gasteiger partial charge in [0.2, 0.25) is 0 Å². The largest absolute Gasteiger partial charge is 0.254 e. The van der Waals surface area contributed by atoms with Gasteiger partial charge in [0.15, 0.2) is 0 Å². The summed E-state index contributed by atoms with van der Waals surface area (Å²) in [4.78, 5) is 22.8. The fourth-order valence-corrected chi connectivity index (χ4v) is 6.04. The first-order valence-corrected chi connectivity index (χ1v) is 16.2. The molecule has 5 heterocycles. The maximum Gasteiger partial charge on any atom is 0.0967 e. The van der Waals surface area contributed by atoms with Gasteiger partial charge in [-0.1, -0.05) is 60.2 Å². The Kier molecular flexibility index (Phi) is 8.20. The first-order valence-electron chi connectivity index (χ1n) is 16.2. The molecular weight excluding hydrogens is 587 g/mol. The normalized spacial score (nSPS) is 11.1. The predicted molar refractivity (Wildman–Crippen MR) is 202 cm³/mol. The van der Waals surface area contributed by atoms with Gasteiger partial charge in [0.05, 0.1) is 33.1 Å². The molecule has 5 nitrogen and oxygen atoms in total. The Morgan fingerprint density at radius 2 is 0.771 bits per heavy atom. The Morgan fingerprint density at radius 3 is 1.35 bits per heavy atom. The second kappa shape index (κ2) is 12.8. The maximum atomic E-state index is 4.68. The van der Waals surface area contributed by atoms with E-state index in [0.29, 0.717) is 0 Å². The summed E-state index contributed by atoms with van der Waals surface area (Å²) < 4.78 is 0. The van der Waals surface area contributed by atoms with Crippen molar-refractivity contribution in [1.29, 1.82) is 0 Å². The smallest absolute Gasteiger partial charge is 0.0967 e. The summed E-state index contributed by atoms with van der Waals surface area (Å²) in [6, 6.07) is 36.0. The lowest BCUT2D eigenvalue weighted by Crippen LogP contribution is -1.89. The average molecular weight is 624 g/mol. The molecule has 9 rings (SSSR count). The molecule has 0 aliphatic rings. The van der Waals surface area contributed by atoms with Crippen molar-refractivity contribution in [3.05, 3.63) is 149 Å². The zero-order valence-electron chi connectivity index (χ0n) is 28.2. The topological polar surface area (TPSA) is 64.5 Å². The molecule has 0 saturated carbocycles. The molecule has 4 aromatic carbocycles. The lowest BCUT2D eigenvalue weighted by molar-refractivity contribution is 1.23. The molecule has 234 valence electrons. The highest BCUT2D eigenvalue weighted by Gasteiger charge is 2.05. The highest BCUT2D eigenvalue weighted by Crippen LogP contribution is 2.25. The molecule has 0 amide bonds. The Hall–Kier alpha value is -5.81. The minimum Gasteiger partial charge on any atom is -0.254 e.